The zero-order chi connectivity index (χ0) is 23.2. The molecule has 172 valence electrons. The molecule has 0 bridgehead atoms. The number of hydrogen-bond donors (Lipinski definition) is 0. The molecule has 3 heterocycles. The van der Waals surface area contributed by atoms with Gasteiger partial charge in [0.25, 0.3) is 5.91 Å². The van der Waals surface area contributed by atoms with Crippen LogP contribution in [-0.4, -0.2) is 53.3 Å². The highest BCUT2D eigenvalue weighted by Gasteiger charge is 2.32. The molecule has 10 heteroatoms. The van der Waals surface area contributed by atoms with Crippen molar-refractivity contribution < 1.29 is 17.6 Å². The van der Waals surface area contributed by atoms with Gasteiger partial charge in [0, 0.05) is 25.3 Å². The Balaban J connectivity index is 1.41. The Kier molecular flexibility index (Phi) is 5.49. The van der Waals surface area contributed by atoms with E-state index in [1.165, 1.54) is 16.8 Å². The fourth-order valence-corrected chi connectivity index (χ4v) is 6.05. The molecule has 0 radical (unpaired) electrons. The van der Waals surface area contributed by atoms with E-state index in [0.717, 1.165) is 24.8 Å². The second kappa shape index (κ2) is 8.35. The van der Waals surface area contributed by atoms with Crippen molar-refractivity contribution in [3.8, 4) is 5.69 Å². The molecule has 1 amide bonds. The van der Waals surface area contributed by atoms with Crippen LogP contribution in [0.3, 0.4) is 0 Å². The number of carbonyl (C=O) groups excluding carboxylic acids is 1. The molecule has 8 nitrogen and oxygen atoms in total. The molecule has 2 aromatic carbocycles. The van der Waals surface area contributed by atoms with Crippen LogP contribution in [0.2, 0.25) is 0 Å². The molecule has 33 heavy (non-hydrogen) atoms. The number of piperidine rings is 1. The van der Waals surface area contributed by atoms with E-state index in [-0.39, 0.29) is 22.3 Å². The van der Waals surface area contributed by atoms with Gasteiger partial charge in [0.2, 0.25) is 10.0 Å². The van der Waals surface area contributed by atoms with Crippen LogP contribution in [0.5, 0.6) is 0 Å². The van der Waals surface area contributed by atoms with Crippen LogP contribution in [0.1, 0.15) is 41.0 Å². The Morgan fingerprint density at radius 3 is 2.45 bits per heavy atom. The fourth-order valence-electron chi connectivity index (χ4n) is 4.49. The van der Waals surface area contributed by atoms with Crippen molar-refractivity contribution in [1.82, 2.24) is 19.3 Å². The summed E-state index contributed by atoms with van der Waals surface area (Å²) in [6.45, 7) is 3.27. The van der Waals surface area contributed by atoms with Crippen LogP contribution in [0.15, 0.2) is 47.4 Å². The monoisotopic (exact) mass is 469 g/mol. The second-order valence-corrected chi connectivity index (χ2v) is 10.3. The van der Waals surface area contributed by atoms with Crippen LogP contribution < -0.4 is 4.90 Å². The maximum Gasteiger partial charge on any atom is 0.280 e. The van der Waals surface area contributed by atoms with Crippen LogP contribution in [0.25, 0.3) is 5.69 Å². The Bertz CT molecular complexity index is 1310. The number of rotatable bonds is 4. The maximum absolute atomic E-state index is 13.3. The number of amides is 1. The first-order valence-corrected chi connectivity index (χ1v) is 12.4. The smallest absolute Gasteiger partial charge is 0.280 e. The number of halogens is 1. The number of fused-ring (bicyclic) bond motifs is 1. The topological polar surface area (TPSA) is 88.4 Å². The maximum atomic E-state index is 13.3. The molecule has 0 atom stereocenters. The van der Waals surface area contributed by atoms with Gasteiger partial charge < -0.3 is 4.90 Å². The summed E-state index contributed by atoms with van der Waals surface area (Å²) in [5, 5.41) is 8.15. The van der Waals surface area contributed by atoms with Crippen LogP contribution in [-0.2, 0) is 16.4 Å². The van der Waals surface area contributed by atoms with Crippen molar-refractivity contribution >= 4 is 21.6 Å². The number of sulfonamides is 1. The fraction of sp³-hybridized carbons (Fsp3) is 0.348. The van der Waals surface area contributed by atoms with Gasteiger partial charge in [0.1, 0.15) is 5.82 Å². The van der Waals surface area contributed by atoms with Crippen molar-refractivity contribution in [2.24, 2.45) is 0 Å². The first-order valence-electron chi connectivity index (χ1n) is 11.0. The SMILES string of the molecule is Cc1c(C(=O)N2CCc3cc(S(=O)(=O)N4CCCCC4)ccc32)nnn1-c1ccc(F)cc1. The van der Waals surface area contributed by atoms with Crippen molar-refractivity contribution in [2.45, 2.75) is 37.5 Å². The van der Waals surface area contributed by atoms with Gasteiger partial charge in [-0.05, 0) is 74.2 Å². The summed E-state index contributed by atoms with van der Waals surface area (Å²) in [7, 11) is -3.53. The summed E-state index contributed by atoms with van der Waals surface area (Å²) in [6.07, 6.45) is 3.38. The molecular weight excluding hydrogens is 445 g/mol. The van der Waals surface area contributed by atoms with E-state index in [2.05, 4.69) is 10.3 Å². The highest BCUT2D eigenvalue weighted by molar-refractivity contribution is 7.89. The van der Waals surface area contributed by atoms with E-state index >= 15 is 0 Å². The Morgan fingerprint density at radius 1 is 1.00 bits per heavy atom. The van der Waals surface area contributed by atoms with Crippen molar-refractivity contribution in [3.63, 3.8) is 0 Å². The molecule has 1 fully saturated rings. The first kappa shape index (κ1) is 21.7. The number of benzene rings is 2. The van der Waals surface area contributed by atoms with Crippen molar-refractivity contribution in [3.05, 3.63) is 65.2 Å². The average Bonchev–Trinajstić information content (AvgIpc) is 3.43. The van der Waals surface area contributed by atoms with E-state index in [9.17, 15) is 17.6 Å². The Labute approximate surface area is 191 Å². The number of aromatic nitrogens is 3. The lowest BCUT2D eigenvalue weighted by Crippen LogP contribution is -2.35. The lowest BCUT2D eigenvalue weighted by Gasteiger charge is -2.26. The third kappa shape index (κ3) is 3.83. The Morgan fingerprint density at radius 2 is 1.73 bits per heavy atom. The zero-order valence-corrected chi connectivity index (χ0v) is 19.1. The molecule has 2 aliphatic heterocycles. The summed E-state index contributed by atoms with van der Waals surface area (Å²) in [6, 6.07) is 10.8. The largest absolute Gasteiger partial charge is 0.306 e. The molecular formula is C23H24FN5O3S. The molecule has 0 unspecified atom stereocenters. The third-order valence-corrected chi connectivity index (χ3v) is 8.21. The highest BCUT2D eigenvalue weighted by Crippen LogP contribution is 2.33. The minimum atomic E-state index is -3.53. The quantitative estimate of drug-likeness (QED) is 0.586. The van der Waals surface area contributed by atoms with E-state index in [0.29, 0.717) is 43.1 Å². The Hall–Kier alpha value is -3.11. The van der Waals surface area contributed by atoms with Crippen molar-refractivity contribution in [2.75, 3.05) is 24.5 Å². The average molecular weight is 470 g/mol. The summed E-state index contributed by atoms with van der Waals surface area (Å²) in [5.74, 6) is -0.658. The summed E-state index contributed by atoms with van der Waals surface area (Å²) < 4.78 is 42.3. The van der Waals surface area contributed by atoms with Crippen LogP contribution >= 0.6 is 0 Å². The lowest BCUT2D eigenvalue weighted by atomic mass is 10.2. The summed E-state index contributed by atoms with van der Waals surface area (Å²) in [5.41, 5.74) is 2.87. The van der Waals surface area contributed by atoms with E-state index < -0.39 is 10.0 Å². The molecule has 0 aliphatic carbocycles. The van der Waals surface area contributed by atoms with Crippen molar-refractivity contribution in [1.29, 1.82) is 0 Å². The minimum Gasteiger partial charge on any atom is -0.306 e. The standard InChI is InChI=1S/C23H24FN5O3S/c1-16-22(25-26-29(16)19-7-5-18(24)6-8-19)23(30)28-14-11-17-15-20(9-10-21(17)28)33(31,32)27-12-3-2-4-13-27/h5-10,15H,2-4,11-14H2,1H3. The molecule has 2 aliphatic rings. The van der Waals surface area contributed by atoms with Gasteiger partial charge in [-0.15, -0.1) is 5.10 Å². The molecule has 1 saturated heterocycles. The minimum absolute atomic E-state index is 0.206. The lowest BCUT2D eigenvalue weighted by molar-refractivity contribution is 0.0984. The molecule has 3 aromatic rings. The highest BCUT2D eigenvalue weighted by atomic mass is 32.2. The third-order valence-electron chi connectivity index (χ3n) is 6.31. The number of hydrogen-bond acceptors (Lipinski definition) is 5. The van der Waals surface area contributed by atoms with Gasteiger partial charge >= 0.3 is 0 Å². The normalized spacial score (nSPS) is 16.7. The van der Waals surface area contributed by atoms with Crippen LogP contribution in [0, 0.1) is 12.7 Å². The number of carbonyl (C=O) groups is 1. The molecule has 0 N–H and O–H groups in total. The predicted octanol–water partition coefficient (Wildman–Crippen LogP) is 3.09. The van der Waals surface area contributed by atoms with Gasteiger partial charge in [0.15, 0.2) is 5.69 Å². The van der Waals surface area contributed by atoms with Crippen LogP contribution in [0.4, 0.5) is 10.1 Å². The summed E-state index contributed by atoms with van der Waals surface area (Å²) in [4.78, 5) is 15.2. The van der Waals surface area contributed by atoms with Gasteiger partial charge in [-0.3, -0.25) is 4.79 Å². The van der Waals surface area contributed by atoms with Gasteiger partial charge in [-0.25, -0.2) is 17.5 Å². The van der Waals surface area contributed by atoms with E-state index in [4.69, 9.17) is 0 Å². The summed E-state index contributed by atoms with van der Waals surface area (Å²) >= 11 is 0. The predicted molar refractivity (Wildman–Crippen MR) is 120 cm³/mol. The molecule has 0 spiro atoms. The number of anilines is 1. The molecule has 5 rings (SSSR count). The van der Waals surface area contributed by atoms with Gasteiger partial charge in [0.05, 0.1) is 16.3 Å². The molecule has 1 aromatic heterocycles. The van der Waals surface area contributed by atoms with E-state index in [1.807, 2.05) is 0 Å². The first-order chi connectivity index (χ1) is 15.9. The van der Waals surface area contributed by atoms with E-state index in [1.54, 1.807) is 46.5 Å². The van der Waals surface area contributed by atoms with Gasteiger partial charge in [-0.2, -0.15) is 4.31 Å². The number of nitrogens with zero attached hydrogens (tertiary/aromatic N) is 5. The molecule has 0 saturated carbocycles. The second-order valence-electron chi connectivity index (χ2n) is 8.37. The zero-order valence-electron chi connectivity index (χ0n) is 18.2. The van der Waals surface area contributed by atoms with Gasteiger partial charge in [-0.1, -0.05) is 11.6 Å².